The zero-order valence-corrected chi connectivity index (χ0v) is 5.95. The first-order chi connectivity index (χ1) is 5.49. The summed E-state index contributed by atoms with van der Waals surface area (Å²) in [5.41, 5.74) is -0.370. The standard InChI is InChI=1S/C8H5F4/c9-7-4-2-1-3-6(7)5-8(10,11)12/h1-3H,5H2. The average Bonchev–Trinajstić information content (AvgIpc) is 1.91. The van der Waals surface area contributed by atoms with Gasteiger partial charge in [0.15, 0.2) is 0 Å². The van der Waals surface area contributed by atoms with Crippen LogP contribution in [0.2, 0.25) is 0 Å². The van der Waals surface area contributed by atoms with Crippen LogP contribution in [0.5, 0.6) is 0 Å². The first kappa shape index (κ1) is 9.03. The molecule has 4 heteroatoms. The minimum absolute atomic E-state index is 0.370. The molecule has 0 aliphatic carbocycles. The van der Waals surface area contributed by atoms with Crippen LogP contribution in [0.3, 0.4) is 0 Å². The summed E-state index contributed by atoms with van der Waals surface area (Å²) >= 11 is 0. The Morgan fingerprint density at radius 1 is 1.33 bits per heavy atom. The summed E-state index contributed by atoms with van der Waals surface area (Å²) in [5.74, 6) is -0.935. The molecule has 0 aromatic heterocycles. The number of alkyl halides is 3. The van der Waals surface area contributed by atoms with Crippen LogP contribution in [-0.2, 0) is 6.42 Å². The molecule has 0 unspecified atom stereocenters. The maximum atomic E-state index is 12.6. The van der Waals surface area contributed by atoms with Crippen molar-refractivity contribution in [2.75, 3.05) is 0 Å². The second-order valence-electron chi connectivity index (χ2n) is 2.30. The van der Waals surface area contributed by atoms with Crippen LogP contribution in [0, 0.1) is 11.9 Å². The molecular weight excluding hydrogens is 172 g/mol. The third-order valence-electron chi connectivity index (χ3n) is 1.28. The van der Waals surface area contributed by atoms with Crippen LogP contribution in [0.15, 0.2) is 18.2 Å². The first-order valence-corrected chi connectivity index (χ1v) is 3.21. The Bertz CT molecular complexity index is 264. The number of halogens is 4. The first-order valence-electron chi connectivity index (χ1n) is 3.21. The third kappa shape index (κ3) is 2.53. The van der Waals surface area contributed by atoms with Crippen LogP contribution in [0.25, 0.3) is 0 Å². The molecule has 1 radical (unpaired) electrons. The summed E-state index contributed by atoms with van der Waals surface area (Å²) in [6.45, 7) is 0. The molecular formula is C8H5F4. The largest absolute Gasteiger partial charge is 0.393 e. The summed E-state index contributed by atoms with van der Waals surface area (Å²) in [5, 5.41) is 0. The maximum absolute atomic E-state index is 12.6. The van der Waals surface area contributed by atoms with E-state index in [-0.39, 0.29) is 5.56 Å². The van der Waals surface area contributed by atoms with Crippen molar-refractivity contribution in [1.82, 2.24) is 0 Å². The predicted molar refractivity (Wildman–Crippen MR) is 35.0 cm³/mol. The zero-order valence-electron chi connectivity index (χ0n) is 5.95. The molecule has 0 spiro atoms. The molecule has 0 atom stereocenters. The minimum Gasteiger partial charge on any atom is -0.206 e. The van der Waals surface area contributed by atoms with Gasteiger partial charge in [-0.3, -0.25) is 0 Å². The SMILES string of the molecule is Fc1[c]cccc1CC(F)(F)F. The van der Waals surface area contributed by atoms with Gasteiger partial charge in [0.2, 0.25) is 0 Å². The molecule has 0 saturated carbocycles. The lowest BCUT2D eigenvalue weighted by Gasteiger charge is -2.05. The van der Waals surface area contributed by atoms with Crippen LogP contribution < -0.4 is 0 Å². The normalized spacial score (nSPS) is 11.7. The molecule has 0 bridgehead atoms. The van der Waals surface area contributed by atoms with Crippen molar-refractivity contribution >= 4 is 0 Å². The van der Waals surface area contributed by atoms with Gasteiger partial charge < -0.3 is 0 Å². The Morgan fingerprint density at radius 2 is 2.00 bits per heavy atom. The van der Waals surface area contributed by atoms with E-state index in [9.17, 15) is 17.6 Å². The van der Waals surface area contributed by atoms with Crippen molar-refractivity contribution in [3.8, 4) is 0 Å². The highest BCUT2D eigenvalue weighted by Crippen LogP contribution is 2.22. The second kappa shape index (κ2) is 3.13. The summed E-state index contributed by atoms with van der Waals surface area (Å²) < 4.78 is 47.8. The van der Waals surface area contributed by atoms with Crippen molar-refractivity contribution in [1.29, 1.82) is 0 Å². The summed E-state index contributed by atoms with van der Waals surface area (Å²) in [4.78, 5) is 0. The number of rotatable bonds is 1. The Labute approximate surface area is 66.8 Å². The molecule has 0 aliphatic rings. The van der Waals surface area contributed by atoms with Crippen molar-refractivity contribution in [3.63, 3.8) is 0 Å². The molecule has 0 fully saturated rings. The highest BCUT2D eigenvalue weighted by atomic mass is 19.4. The lowest BCUT2D eigenvalue weighted by Crippen LogP contribution is -2.12. The molecule has 0 heterocycles. The van der Waals surface area contributed by atoms with Crippen LogP contribution in [0.4, 0.5) is 17.6 Å². The van der Waals surface area contributed by atoms with Gasteiger partial charge in [0, 0.05) is 6.07 Å². The smallest absolute Gasteiger partial charge is 0.206 e. The molecule has 0 aliphatic heterocycles. The van der Waals surface area contributed by atoms with Crippen LogP contribution >= 0.6 is 0 Å². The minimum atomic E-state index is -4.37. The van der Waals surface area contributed by atoms with Gasteiger partial charge in [-0.05, 0) is 5.56 Å². The summed E-state index contributed by atoms with van der Waals surface area (Å²) in [6, 6.07) is 5.71. The molecule has 0 saturated heterocycles. The highest BCUT2D eigenvalue weighted by Gasteiger charge is 2.28. The fraction of sp³-hybridized carbons (Fsp3) is 0.250. The van der Waals surface area contributed by atoms with E-state index in [2.05, 4.69) is 6.07 Å². The average molecular weight is 177 g/mol. The number of hydrogen-bond donors (Lipinski definition) is 0. The maximum Gasteiger partial charge on any atom is 0.393 e. The van der Waals surface area contributed by atoms with Gasteiger partial charge >= 0.3 is 6.18 Å². The molecule has 12 heavy (non-hydrogen) atoms. The van der Waals surface area contributed by atoms with Crippen LogP contribution in [-0.4, -0.2) is 6.18 Å². The Morgan fingerprint density at radius 3 is 2.50 bits per heavy atom. The third-order valence-corrected chi connectivity index (χ3v) is 1.28. The van der Waals surface area contributed by atoms with E-state index < -0.39 is 18.4 Å². The van der Waals surface area contributed by atoms with Gasteiger partial charge in [-0.25, -0.2) is 4.39 Å². The fourth-order valence-electron chi connectivity index (χ4n) is 0.804. The van der Waals surface area contributed by atoms with Crippen molar-refractivity contribution in [3.05, 3.63) is 35.6 Å². The van der Waals surface area contributed by atoms with Crippen LogP contribution in [0.1, 0.15) is 5.56 Å². The molecule has 0 N–H and O–H groups in total. The van der Waals surface area contributed by atoms with Gasteiger partial charge in [-0.15, -0.1) is 0 Å². The van der Waals surface area contributed by atoms with Crippen molar-refractivity contribution in [2.24, 2.45) is 0 Å². The molecule has 0 nitrogen and oxygen atoms in total. The Hall–Kier alpha value is -1.06. The lowest BCUT2D eigenvalue weighted by atomic mass is 10.1. The van der Waals surface area contributed by atoms with Gasteiger partial charge in [-0.1, -0.05) is 18.2 Å². The van der Waals surface area contributed by atoms with E-state index in [0.717, 1.165) is 6.07 Å². The predicted octanol–water partition coefficient (Wildman–Crippen LogP) is 2.73. The summed E-state index contributed by atoms with van der Waals surface area (Å²) in [6.07, 6.45) is -5.60. The van der Waals surface area contributed by atoms with Crippen molar-refractivity contribution < 1.29 is 17.6 Å². The van der Waals surface area contributed by atoms with E-state index in [1.54, 1.807) is 0 Å². The van der Waals surface area contributed by atoms with Gasteiger partial charge in [0.25, 0.3) is 0 Å². The molecule has 1 rings (SSSR count). The lowest BCUT2D eigenvalue weighted by molar-refractivity contribution is -0.127. The molecule has 0 amide bonds. The topological polar surface area (TPSA) is 0 Å². The quantitative estimate of drug-likeness (QED) is 0.578. The second-order valence-corrected chi connectivity index (χ2v) is 2.30. The monoisotopic (exact) mass is 177 g/mol. The Kier molecular flexibility index (Phi) is 2.35. The van der Waals surface area contributed by atoms with Gasteiger partial charge in [0.05, 0.1) is 6.42 Å². The highest BCUT2D eigenvalue weighted by molar-refractivity contribution is 5.17. The van der Waals surface area contributed by atoms with E-state index >= 15 is 0 Å². The van der Waals surface area contributed by atoms with Crippen molar-refractivity contribution in [2.45, 2.75) is 12.6 Å². The molecule has 1 aromatic carbocycles. The number of benzene rings is 1. The zero-order chi connectivity index (χ0) is 9.19. The van der Waals surface area contributed by atoms with E-state index in [4.69, 9.17) is 0 Å². The molecule has 65 valence electrons. The fourth-order valence-corrected chi connectivity index (χ4v) is 0.804. The molecule has 1 aromatic rings. The van der Waals surface area contributed by atoms with E-state index in [1.165, 1.54) is 12.1 Å². The van der Waals surface area contributed by atoms with Gasteiger partial charge in [-0.2, -0.15) is 13.2 Å². The Balaban J connectivity index is 2.83. The van der Waals surface area contributed by atoms with Gasteiger partial charge in [0.1, 0.15) is 5.82 Å². The van der Waals surface area contributed by atoms with E-state index in [0.29, 0.717) is 0 Å². The summed E-state index contributed by atoms with van der Waals surface area (Å²) in [7, 11) is 0. The van der Waals surface area contributed by atoms with E-state index in [1.807, 2.05) is 0 Å². The number of hydrogen-bond acceptors (Lipinski definition) is 0.